The molecule has 3 heteroatoms. The van der Waals surface area contributed by atoms with Crippen molar-refractivity contribution in [1.29, 1.82) is 0 Å². The molecule has 0 N–H and O–H groups in total. The lowest BCUT2D eigenvalue weighted by molar-refractivity contribution is 0.212. The van der Waals surface area contributed by atoms with Crippen LogP contribution in [0.1, 0.15) is 81.4 Å². The van der Waals surface area contributed by atoms with Crippen molar-refractivity contribution >= 4 is 5.57 Å². The Morgan fingerprint density at radius 3 is 2.20 bits per heavy atom. The molecule has 1 fully saturated rings. The first-order valence-electron chi connectivity index (χ1n) is 13.5. The SMILES string of the molecule is CCCc1ccc(CC/C=C/C2CCC(C3CC=C(c4ccc(OC)c(F)c4F)CC3)CC2)cc1. The first kappa shape index (κ1) is 25.7. The highest BCUT2D eigenvalue weighted by Crippen LogP contribution is 2.42. The Morgan fingerprint density at radius 2 is 1.57 bits per heavy atom. The van der Waals surface area contributed by atoms with E-state index in [4.69, 9.17) is 4.74 Å². The molecule has 0 aromatic heterocycles. The Labute approximate surface area is 210 Å². The second kappa shape index (κ2) is 12.5. The molecule has 1 atom stereocenters. The van der Waals surface area contributed by atoms with Crippen LogP contribution in [-0.4, -0.2) is 7.11 Å². The van der Waals surface area contributed by atoms with Gasteiger partial charge in [-0.3, -0.25) is 0 Å². The maximum absolute atomic E-state index is 14.5. The molecule has 0 saturated heterocycles. The molecular formula is C32H40F2O. The number of allylic oxidation sites excluding steroid dienone is 4. The Morgan fingerprint density at radius 1 is 0.857 bits per heavy atom. The lowest BCUT2D eigenvalue weighted by Gasteiger charge is -2.35. The van der Waals surface area contributed by atoms with Gasteiger partial charge in [-0.25, -0.2) is 4.39 Å². The van der Waals surface area contributed by atoms with Crippen LogP contribution in [0, 0.1) is 29.4 Å². The number of hydrogen-bond acceptors (Lipinski definition) is 1. The highest BCUT2D eigenvalue weighted by Gasteiger charge is 2.29. The van der Waals surface area contributed by atoms with Gasteiger partial charge in [0.2, 0.25) is 5.82 Å². The van der Waals surface area contributed by atoms with Crippen LogP contribution in [-0.2, 0) is 12.8 Å². The fraction of sp³-hybridized carbons (Fsp3) is 0.500. The van der Waals surface area contributed by atoms with Gasteiger partial charge in [0.1, 0.15) is 0 Å². The van der Waals surface area contributed by atoms with Crippen molar-refractivity contribution in [3.8, 4) is 5.75 Å². The van der Waals surface area contributed by atoms with E-state index in [1.165, 1.54) is 62.8 Å². The fourth-order valence-electron chi connectivity index (χ4n) is 5.97. The zero-order valence-electron chi connectivity index (χ0n) is 21.4. The van der Waals surface area contributed by atoms with Crippen molar-refractivity contribution < 1.29 is 13.5 Å². The number of hydrogen-bond donors (Lipinski definition) is 0. The normalized spacial score (nSPS) is 22.9. The van der Waals surface area contributed by atoms with E-state index in [2.05, 4.69) is 49.4 Å². The zero-order valence-corrected chi connectivity index (χ0v) is 21.4. The quantitative estimate of drug-likeness (QED) is 0.327. The maximum Gasteiger partial charge on any atom is 0.201 e. The average Bonchev–Trinajstić information content (AvgIpc) is 2.90. The summed E-state index contributed by atoms with van der Waals surface area (Å²) in [6, 6.07) is 12.3. The molecule has 0 radical (unpaired) electrons. The van der Waals surface area contributed by atoms with E-state index in [1.54, 1.807) is 6.07 Å². The standard InChI is InChI=1S/C32H40F2O/c1-3-6-23-9-11-24(12-10-23)7-4-5-8-25-13-15-26(16-14-25)27-17-19-28(20-18-27)29-21-22-30(35-2)32(34)31(29)33/h5,8-12,19,21-22,25-27H,3-4,6-7,13-18,20H2,1-2H3/b8-5+. The van der Waals surface area contributed by atoms with Gasteiger partial charge >= 0.3 is 0 Å². The molecule has 1 nitrogen and oxygen atoms in total. The van der Waals surface area contributed by atoms with Crippen molar-refractivity contribution in [2.24, 2.45) is 17.8 Å². The van der Waals surface area contributed by atoms with Crippen LogP contribution in [0.15, 0.2) is 54.6 Å². The fourth-order valence-corrected chi connectivity index (χ4v) is 5.97. The van der Waals surface area contributed by atoms with Crippen LogP contribution in [0.3, 0.4) is 0 Å². The van der Waals surface area contributed by atoms with Gasteiger partial charge in [-0.2, -0.15) is 4.39 Å². The van der Waals surface area contributed by atoms with E-state index in [1.807, 2.05) is 0 Å². The second-order valence-corrected chi connectivity index (χ2v) is 10.4. The summed E-state index contributed by atoms with van der Waals surface area (Å²) in [5, 5.41) is 0. The summed E-state index contributed by atoms with van der Waals surface area (Å²) in [5.41, 5.74) is 4.21. The Balaban J connectivity index is 1.21. The highest BCUT2D eigenvalue weighted by atomic mass is 19.2. The molecule has 2 aromatic rings. The van der Waals surface area contributed by atoms with Crippen molar-refractivity contribution in [3.63, 3.8) is 0 Å². The largest absolute Gasteiger partial charge is 0.494 e. The summed E-state index contributed by atoms with van der Waals surface area (Å²) >= 11 is 0. The van der Waals surface area contributed by atoms with Gasteiger partial charge in [-0.1, -0.05) is 55.8 Å². The van der Waals surface area contributed by atoms with Gasteiger partial charge in [0, 0.05) is 5.56 Å². The Bertz CT molecular complexity index is 1010. The molecule has 0 spiro atoms. The first-order chi connectivity index (χ1) is 17.1. The summed E-state index contributed by atoms with van der Waals surface area (Å²) < 4.78 is 33.5. The number of halogens is 2. The van der Waals surface area contributed by atoms with E-state index in [9.17, 15) is 8.78 Å². The molecule has 0 amide bonds. The summed E-state index contributed by atoms with van der Waals surface area (Å²) in [6.07, 6.45) is 19.6. The monoisotopic (exact) mass is 478 g/mol. The molecule has 4 rings (SSSR count). The molecule has 0 aliphatic heterocycles. The second-order valence-electron chi connectivity index (χ2n) is 10.4. The van der Waals surface area contributed by atoms with Crippen molar-refractivity contribution in [3.05, 3.63) is 83.0 Å². The van der Waals surface area contributed by atoms with Gasteiger partial charge < -0.3 is 4.74 Å². The Hall–Kier alpha value is -2.42. The number of ether oxygens (including phenoxy) is 1. The number of rotatable bonds is 9. The molecule has 188 valence electrons. The van der Waals surface area contributed by atoms with Crippen LogP contribution in [0.25, 0.3) is 5.57 Å². The van der Waals surface area contributed by atoms with E-state index in [0.717, 1.165) is 43.6 Å². The minimum atomic E-state index is -0.885. The highest BCUT2D eigenvalue weighted by molar-refractivity contribution is 5.67. The molecule has 1 saturated carbocycles. The predicted octanol–water partition coefficient (Wildman–Crippen LogP) is 9.10. The number of methoxy groups -OCH3 is 1. The minimum Gasteiger partial charge on any atom is -0.494 e. The minimum absolute atomic E-state index is 0.0348. The van der Waals surface area contributed by atoms with Gasteiger partial charge in [0.15, 0.2) is 11.6 Å². The maximum atomic E-state index is 14.5. The van der Waals surface area contributed by atoms with E-state index in [-0.39, 0.29) is 5.75 Å². The van der Waals surface area contributed by atoms with Crippen molar-refractivity contribution in [2.45, 2.75) is 77.6 Å². The molecule has 2 aliphatic rings. The third-order valence-electron chi connectivity index (χ3n) is 8.12. The smallest absolute Gasteiger partial charge is 0.201 e. The zero-order chi connectivity index (χ0) is 24.6. The lowest BCUT2D eigenvalue weighted by atomic mass is 9.71. The van der Waals surface area contributed by atoms with Crippen molar-refractivity contribution in [2.75, 3.05) is 7.11 Å². The number of benzene rings is 2. The molecular weight excluding hydrogens is 438 g/mol. The third kappa shape index (κ3) is 6.63. The van der Waals surface area contributed by atoms with Crippen LogP contribution < -0.4 is 4.74 Å². The lowest BCUT2D eigenvalue weighted by Crippen LogP contribution is -2.22. The first-order valence-corrected chi connectivity index (χ1v) is 13.5. The molecule has 0 heterocycles. The third-order valence-corrected chi connectivity index (χ3v) is 8.12. The van der Waals surface area contributed by atoms with Crippen molar-refractivity contribution in [1.82, 2.24) is 0 Å². The van der Waals surface area contributed by atoms with Crippen LogP contribution in [0.5, 0.6) is 5.75 Å². The van der Waals surface area contributed by atoms with Gasteiger partial charge in [-0.05, 0) is 111 Å². The number of aryl methyl sites for hydroxylation is 2. The molecule has 1 unspecified atom stereocenters. The molecule has 2 aliphatic carbocycles. The van der Waals surface area contributed by atoms with Crippen LogP contribution in [0.4, 0.5) is 8.78 Å². The summed E-state index contributed by atoms with van der Waals surface area (Å²) in [6.45, 7) is 2.23. The Kier molecular flexibility index (Phi) is 9.18. The van der Waals surface area contributed by atoms with Crippen LogP contribution in [0.2, 0.25) is 0 Å². The molecule has 35 heavy (non-hydrogen) atoms. The summed E-state index contributed by atoms with van der Waals surface area (Å²) in [5.74, 6) is 0.442. The predicted molar refractivity (Wildman–Crippen MR) is 142 cm³/mol. The van der Waals surface area contributed by atoms with Gasteiger partial charge in [-0.15, -0.1) is 0 Å². The average molecular weight is 479 g/mol. The van der Waals surface area contributed by atoms with Gasteiger partial charge in [0.05, 0.1) is 7.11 Å². The molecule has 2 aromatic carbocycles. The van der Waals surface area contributed by atoms with Gasteiger partial charge in [0.25, 0.3) is 0 Å². The van der Waals surface area contributed by atoms with E-state index < -0.39 is 11.6 Å². The van der Waals surface area contributed by atoms with E-state index in [0.29, 0.717) is 17.4 Å². The summed E-state index contributed by atoms with van der Waals surface area (Å²) in [4.78, 5) is 0. The molecule has 0 bridgehead atoms. The van der Waals surface area contributed by atoms with Crippen LogP contribution >= 0.6 is 0 Å². The summed E-state index contributed by atoms with van der Waals surface area (Å²) in [7, 11) is 1.36. The van der Waals surface area contributed by atoms with E-state index >= 15 is 0 Å². The topological polar surface area (TPSA) is 9.23 Å².